The van der Waals surface area contributed by atoms with Gasteiger partial charge in [0.2, 0.25) is 15.9 Å². The van der Waals surface area contributed by atoms with Gasteiger partial charge >= 0.3 is 6.18 Å². The summed E-state index contributed by atoms with van der Waals surface area (Å²) in [6.45, 7) is 2.79. The van der Waals surface area contributed by atoms with Gasteiger partial charge in [-0.3, -0.25) is 4.79 Å². The molecule has 0 unspecified atom stereocenters. The monoisotopic (exact) mass is 434 g/mol. The predicted molar refractivity (Wildman–Crippen MR) is 101 cm³/mol. The van der Waals surface area contributed by atoms with Crippen molar-refractivity contribution in [3.8, 4) is 0 Å². The number of hydrogen-bond donors (Lipinski definition) is 1. The fourth-order valence-electron chi connectivity index (χ4n) is 2.37. The Bertz CT molecular complexity index is 961. The normalized spacial score (nSPS) is 12.2. The highest BCUT2D eigenvalue weighted by Crippen LogP contribution is 2.33. The van der Waals surface area contributed by atoms with Crippen LogP contribution in [0.4, 0.5) is 18.9 Å². The molecule has 0 aliphatic rings. The van der Waals surface area contributed by atoms with Gasteiger partial charge in [0, 0.05) is 6.54 Å². The number of carbonyl (C=O) groups excluding carboxylic acids is 1. The fourth-order valence-corrected chi connectivity index (χ4v) is 3.94. The third kappa shape index (κ3) is 5.24. The van der Waals surface area contributed by atoms with Gasteiger partial charge in [-0.05, 0) is 37.3 Å². The number of likely N-dealkylation sites (N-methyl/N-ethyl adjacent to an activating group) is 1. The molecule has 1 amide bonds. The maximum absolute atomic E-state index is 12.8. The number of sulfonamides is 1. The molecule has 0 atom stereocenters. The van der Waals surface area contributed by atoms with Crippen LogP contribution in [0.5, 0.6) is 0 Å². The van der Waals surface area contributed by atoms with Gasteiger partial charge in [0.05, 0.1) is 27.7 Å². The maximum Gasteiger partial charge on any atom is 0.416 e. The SMILES string of the molecule is CCN(CC(=O)Nc1cc(C(F)(F)F)ccc1Cl)S(=O)(=O)c1ccc(C)cc1. The minimum atomic E-state index is -4.60. The molecule has 2 aromatic carbocycles. The highest BCUT2D eigenvalue weighted by Gasteiger charge is 2.31. The first kappa shape index (κ1) is 22.2. The zero-order chi connectivity index (χ0) is 21.1. The van der Waals surface area contributed by atoms with Crippen molar-refractivity contribution in [3.05, 3.63) is 58.6 Å². The van der Waals surface area contributed by atoms with Gasteiger partial charge in [0.1, 0.15) is 0 Å². The molecule has 0 radical (unpaired) electrons. The molecule has 0 saturated heterocycles. The number of alkyl halides is 3. The lowest BCUT2D eigenvalue weighted by Gasteiger charge is -2.20. The number of hydrogen-bond acceptors (Lipinski definition) is 3. The molecule has 28 heavy (non-hydrogen) atoms. The van der Waals surface area contributed by atoms with Crippen LogP contribution in [0.25, 0.3) is 0 Å². The Balaban J connectivity index is 2.20. The first-order valence-electron chi connectivity index (χ1n) is 8.18. The van der Waals surface area contributed by atoms with Crippen molar-refractivity contribution in [3.63, 3.8) is 0 Å². The number of nitrogens with zero attached hydrogens (tertiary/aromatic N) is 1. The number of halogens is 4. The Kier molecular flexibility index (Phi) is 6.74. The van der Waals surface area contributed by atoms with E-state index in [4.69, 9.17) is 11.6 Å². The minimum absolute atomic E-state index is 0.0000469. The Labute approximate surface area is 166 Å². The van der Waals surface area contributed by atoms with Crippen LogP contribution in [0, 0.1) is 6.92 Å². The van der Waals surface area contributed by atoms with Gasteiger partial charge in [-0.1, -0.05) is 36.2 Å². The second-order valence-electron chi connectivity index (χ2n) is 5.98. The van der Waals surface area contributed by atoms with Crippen LogP contribution in [-0.4, -0.2) is 31.7 Å². The molecule has 152 valence electrons. The average molecular weight is 435 g/mol. The van der Waals surface area contributed by atoms with Crippen molar-refractivity contribution in [1.82, 2.24) is 4.31 Å². The molecule has 2 aromatic rings. The quantitative estimate of drug-likeness (QED) is 0.736. The molecule has 0 aliphatic heterocycles. The molecule has 0 bridgehead atoms. The maximum atomic E-state index is 12.8. The molecule has 1 N–H and O–H groups in total. The zero-order valence-corrected chi connectivity index (χ0v) is 16.6. The second kappa shape index (κ2) is 8.50. The molecular formula is C18H18ClF3N2O3S. The fraction of sp³-hybridized carbons (Fsp3) is 0.278. The van der Waals surface area contributed by atoms with Crippen LogP contribution >= 0.6 is 11.6 Å². The van der Waals surface area contributed by atoms with Gasteiger partial charge in [0.25, 0.3) is 0 Å². The molecule has 0 heterocycles. The number of nitrogens with one attached hydrogen (secondary N) is 1. The van der Waals surface area contributed by atoms with Crippen molar-refractivity contribution < 1.29 is 26.4 Å². The lowest BCUT2D eigenvalue weighted by molar-refractivity contribution is -0.137. The van der Waals surface area contributed by atoms with E-state index in [2.05, 4.69) is 5.32 Å². The third-order valence-electron chi connectivity index (χ3n) is 3.90. The van der Waals surface area contributed by atoms with Crippen LogP contribution in [-0.2, 0) is 21.0 Å². The second-order valence-corrected chi connectivity index (χ2v) is 8.33. The van der Waals surface area contributed by atoms with E-state index < -0.39 is 34.2 Å². The minimum Gasteiger partial charge on any atom is -0.324 e. The molecule has 0 aromatic heterocycles. The summed E-state index contributed by atoms with van der Waals surface area (Å²) in [4.78, 5) is 12.3. The smallest absolute Gasteiger partial charge is 0.324 e. The molecule has 0 aliphatic carbocycles. The van der Waals surface area contributed by atoms with Gasteiger partial charge < -0.3 is 5.32 Å². The average Bonchev–Trinajstić information content (AvgIpc) is 2.60. The summed E-state index contributed by atoms with van der Waals surface area (Å²) in [5.41, 5.74) is -0.351. The van der Waals surface area contributed by atoms with Crippen LogP contribution in [0.15, 0.2) is 47.4 Å². The van der Waals surface area contributed by atoms with Crippen LogP contribution < -0.4 is 5.32 Å². The van der Waals surface area contributed by atoms with Crippen molar-refractivity contribution in [1.29, 1.82) is 0 Å². The lowest BCUT2D eigenvalue weighted by atomic mass is 10.2. The lowest BCUT2D eigenvalue weighted by Crippen LogP contribution is -2.37. The summed E-state index contributed by atoms with van der Waals surface area (Å²) in [6, 6.07) is 8.61. The molecule has 0 spiro atoms. The van der Waals surface area contributed by atoms with Gasteiger partial charge in [-0.2, -0.15) is 17.5 Å². The van der Waals surface area contributed by atoms with Crippen molar-refractivity contribution >= 4 is 33.2 Å². The Hall–Kier alpha value is -2.10. The highest BCUT2D eigenvalue weighted by molar-refractivity contribution is 7.89. The van der Waals surface area contributed by atoms with Crippen molar-refractivity contribution in [2.45, 2.75) is 24.9 Å². The largest absolute Gasteiger partial charge is 0.416 e. The van der Waals surface area contributed by atoms with E-state index in [1.807, 2.05) is 0 Å². The van der Waals surface area contributed by atoms with Gasteiger partial charge in [-0.25, -0.2) is 8.42 Å². The van der Waals surface area contributed by atoms with Gasteiger partial charge in [0.15, 0.2) is 0 Å². The van der Waals surface area contributed by atoms with Crippen molar-refractivity contribution in [2.75, 3.05) is 18.4 Å². The molecule has 2 rings (SSSR count). The van der Waals surface area contributed by atoms with Crippen LogP contribution in [0.2, 0.25) is 5.02 Å². The molecule has 10 heteroatoms. The molecule has 0 saturated carbocycles. The number of anilines is 1. The van der Waals surface area contributed by atoms with E-state index in [1.54, 1.807) is 26.0 Å². The number of aryl methyl sites for hydroxylation is 1. The van der Waals surface area contributed by atoms with E-state index in [1.165, 1.54) is 12.1 Å². The Morgan fingerprint density at radius 2 is 1.75 bits per heavy atom. The van der Waals surface area contributed by atoms with E-state index >= 15 is 0 Å². The van der Waals surface area contributed by atoms with E-state index in [0.29, 0.717) is 6.07 Å². The summed E-state index contributed by atoms with van der Waals surface area (Å²) in [5.74, 6) is -0.807. The van der Waals surface area contributed by atoms with E-state index in [-0.39, 0.29) is 22.2 Å². The summed E-state index contributed by atoms with van der Waals surface area (Å²) < 4.78 is 64.8. The Morgan fingerprint density at radius 1 is 1.14 bits per heavy atom. The van der Waals surface area contributed by atoms with Crippen molar-refractivity contribution in [2.24, 2.45) is 0 Å². The summed E-state index contributed by atoms with van der Waals surface area (Å²) in [5, 5.41) is 2.15. The van der Waals surface area contributed by atoms with E-state index in [0.717, 1.165) is 22.0 Å². The summed E-state index contributed by atoms with van der Waals surface area (Å²) >= 11 is 5.85. The number of carbonyl (C=O) groups is 1. The molecular weight excluding hydrogens is 417 g/mol. The predicted octanol–water partition coefficient (Wildman–Crippen LogP) is 4.32. The van der Waals surface area contributed by atoms with Gasteiger partial charge in [-0.15, -0.1) is 0 Å². The van der Waals surface area contributed by atoms with Crippen LogP contribution in [0.1, 0.15) is 18.1 Å². The topological polar surface area (TPSA) is 66.5 Å². The standard InChI is InChI=1S/C18H18ClF3N2O3S/c1-3-24(28(26,27)14-7-4-12(2)5-8-14)11-17(25)23-16-10-13(18(20,21)22)6-9-15(16)19/h4-10H,3,11H2,1-2H3,(H,23,25). The first-order valence-corrected chi connectivity index (χ1v) is 10.0. The number of benzene rings is 2. The zero-order valence-electron chi connectivity index (χ0n) is 15.0. The van der Waals surface area contributed by atoms with E-state index in [9.17, 15) is 26.4 Å². The molecule has 5 nitrogen and oxygen atoms in total. The third-order valence-corrected chi connectivity index (χ3v) is 6.16. The Morgan fingerprint density at radius 3 is 2.29 bits per heavy atom. The number of amides is 1. The highest BCUT2D eigenvalue weighted by atomic mass is 35.5. The summed E-state index contributed by atoms with van der Waals surface area (Å²) in [7, 11) is -3.94. The van der Waals surface area contributed by atoms with Crippen LogP contribution in [0.3, 0.4) is 0 Å². The first-order chi connectivity index (χ1) is 12.9. The summed E-state index contributed by atoms with van der Waals surface area (Å²) in [6.07, 6.45) is -4.60. The number of rotatable bonds is 6. The molecule has 0 fully saturated rings.